The highest BCUT2D eigenvalue weighted by Crippen LogP contribution is 2.22. The lowest BCUT2D eigenvalue weighted by molar-refractivity contribution is -0.121. The maximum Gasteiger partial charge on any atom is 0.325 e. The lowest BCUT2D eigenvalue weighted by Gasteiger charge is -2.32. The van der Waals surface area contributed by atoms with Gasteiger partial charge in [-0.3, -0.25) is 15.0 Å². The fourth-order valence-electron chi connectivity index (χ4n) is 3.34. The summed E-state index contributed by atoms with van der Waals surface area (Å²) in [7, 11) is 0. The summed E-state index contributed by atoms with van der Waals surface area (Å²) < 4.78 is 0. The molecule has 0 spiro atoms. The Morgan fingerprint density at radius 3 is 2.54 bits per heavy atom. The number of hydrogen-bond acceptors (Lipinski definition) is 3. The zero-order valence-electron chi connectivity index (χ0n) is 15.0. The summed E-state index contributed by atoms with van der Waals surface area (Å²) in [5, 5.41) is 5.21. The Labute approximate surface area is 144 Å². The van der Waals surface area contributed by atoms with E-state index in [-0.39, 0.29) is 12.5 Å². The number of benzene rings is 1. The van der Waals surface area contributed by atoms with Gasteiger partial charge in [0.15, 0.2) is 0 Å². The van der Waals surface area contributed by atoms with Crippen LogP contribution in [0.5, 0.6) is 0 Å². The van der Waals surface area contributed by atoms with Gasteiger partial charge in [0, 0.05) is 11.7 Å². The van der Waals surface area contributed by atoms with Gasteiger partial charge in [0.2, 0.25) is 5.91 Å². The Morgan fingerprint density at radius 1 is 1.17 bits per heavy atom. The number of hydrogen-bond donors (Lipinski definition) is 2. The van der Waals surface area contributed by atoms with Crippen LogP contribution < -0.4 is 10.6 Å². The average Bonchev–Trinajstić information content (AvgIpc) is 2.57. The van der Waals surface area contributed by atoms with Gasteiger partial charge in [0.1, 0.15) is 0 Å². The van der Waals surface area contributed by atoms with Crippen LogP contribution in [0, 0.1) is 13.8 Å². The second-order valence-corrected chi connectivity index (χ2v) is 6.60. The van der Waals surface area contributed by atoms with E-state index in [4.69, 9.17) is 0 Å². The first-order valence-electron chi connectivity index (χ1n) is 8.92. The van der Waals surface area contributed by atoms with Crippen molar-refractivity contribution in [3.8, 4) is 0 Å². The summed E-state index contributed by atoms with van der Waals surface area (Å²) >= 11 is 0. The third kappa shape index (κ3) is 5.06. The van der Waals surface area contributed by atoms with E-state index in [1.165, 1.54) is 19.3 Å². The predicted molar refractivity (Wildman–Crippen MR) is 97.2 cm³/mol. The molecule has 1 aromatic carbocycles. The van der Waals surface area contributed by atoms with Crippen LogP contribution in [-0.4, -0.2) is 36.0 Å². The van der Waals surface area contributed by atoms with E-state index in [1.807, 2.05) is 32.0 Å². The van der Waals surface area contributed by atoms with E-state index < -0.39 is 6.03 Å². The first-order valence-corrected chi connectivity index (χ1v) is 8.92. The number of carbonyl (C=O) groups excluding carboxylic acids is 2. The van der Waals surface area contributed by atoms with Gasteiger partial charge in [-0.1, -0.05) is 38.3 Å². The SMILES string of the molecule is CCN(CC(=O)NC(=O)Nc1cccc(C)c1C)C1CCCCC1. The number of urea groups is 1. The van der Waals surface area contributed by atoms with Crippen molar-refractivity contribution in [2.75, 3.05) is 18.4 Å². The fraction of sp³-hybridized carbons (Fsp3) is 0.579. The maximum atomic E-state index is 12.2. The van der Waals surface area contributed by atoms with E-state index >= 15 is 0 Å². The van der Waals surface area contributed by atoms with Crippen LogP contribution in [0.4, 0.5) is 10.5 Å². The average molecular weight is 331 g/mol. The fourth-order valence-corrected chi connectivity index (χ4v) is 3.34. The predicted octanol–water partition coefficient (Wildman–Crippen LogP) is 3.61. The molecule has 5 nitrogen and oxygen atoms in total. The van der Waals surface area contributed by atoms with Gasteiger partial charge in [0.25, 0.3) is 0 Å². The molecule has 1 fully saturated rings. The van der Waals surface area contributed by atoms with Gasteiger partial charge in [-0.05, 0) is 50.4 Å². The second-order valence-electron chi connectivity index (χ2n) is 6.60. The number of carbonyl (C=O) groups is 2. The van der Waals surface area contributed by atoms with E-state index in [0.717, 1.165) is 36.2 Å². The van der Waals surface area contributed by atoms with Crippen molar-refractivity contribution in [2.45, 2.75) is 58.9 Å². The van der Waals surface area contributed by atoms with Crippen molar-refractivity contribution < 1.29 is 9.59 Å². The van der Waals surface area contributed by atoms with Crippen LogP contribution >= 0.6 is 0 Å². The van der Waals surface area contributed by atoms with E-state index in [0.29, 0.717) is 6.04 Å². The molecule has 1 aromatic rings. The molecular formula is C19H29N3O2. The summed E-state index contributed by atoms with van der Waals surface area (Å²) in [6.45, 7) is 7.12. The number of likely N-dealkylation sites (N-methyl/N-ethyl adjacent to an activating group) is 1. The standard InChI is InChI=1S/C19H29N3O2/c1-4-22(16-10-6-5-7-11-16)13-18(23)21-19(24)20-17-12-8-9-14(2)15(17)3/h8-9,12,16H,4-7,10-11,13H2,1-3H3,(H2,20,21,23,24). The minimum absolute atomic E-state index is 0.245. The molecule has 0 unspecified atom stereocenters. The van der Waals surface area contributed by atoms with Crippen LogP contribution in [0.3, 0.4) is 0 Å². The largest absolute Gasteiger partial charge is 0.325 e. The summed E-state index contributed by atoms with van der Waals surface area (Å²) in [5.41, 5.74) is 2.85. The van der Waals surface area contributed by atoms with Crippen LogP contribution in [0.25, 0.3) is 0 Å². The number of rotatable bonds is 5. The minimum Gasteiger partial charge on any atom is -0.307 e. The van der Waals surface area contributed by atoms with Gasteiger partial charge in [-0.2, -0.15) is 0 Å². The smallest absolute Gasteiger partial charge is 0.307 e. The molecular weight excluding hydrogens is 302 g/mol. The normalized spacial score (nSPS) is 15.3. The van der Waals surface area contributed by atoms with Crippen molar-refractivity contribution >= 4 is 17.6 Å². The quantitative estimate of drug-likeness (QED) is 0.866. The first kappa shape index (κ1) is 18.5. The number of anilines is 1. The Kier molecular flexibility index (Phi) is 6.79. The van der Waals surface area contributed by atoms with Crippen molar-refractivity contribution in [3.63, 3.8) is 0 Å². The Balaban J connectivity index is 1.86. The summed E-state index contributed by atoms with van der Waals surface area (Å²) in [5.74, 6) is -0.245. The molecule has 0 heterocycles. The van der Waals surface area contributed by atoms with Gasteiger partial charge in [-0.25, -0.2) is 4.79 Å². The van der Waals surface area contributed by atoms with E-state index in [1.54, 1.807) is 0 Å². The van der Waals surface area contributed by atoms with Crippen LogP contribution in [0.15, 0.2) is 18.2 Å². The highest BCUT2D eigenvalue weighted by Gasteiger charge is 2.22. The molecule has 0 bridgehead atoms. The Bertz CT molecular complexity index is 580. The molecule has 0 saturated heterocycles. The number of nitrogens with zero attached hydrogens (tertiary/aromatic N) is 1. The van der Waals surface area contributed by atoms with Crippen LogP contribution in [0.1, 0.15) is 50.2 Å². The lowest BCUT2D eigenvalue weighted by atomic mass is 9.94. The molecule has 1 aliphatic rings. The van der Waals surface area contributed by atoms with Crippen LogP contribution in [-0.2, 0) is 4.79 Å². The number of amides is 3. The summed E-state index contributed by atoms with van der Waals surface area (Å²) in [6, 6.07) is 5.73. The van der Waals surface area contributed by atoms with Crippen molar-refractivity contribution in [1.29, 1.82) is 0 Å². The molecule has 1 saturated carbocycles. The molecule has 2 rings (SSSR count). The Morgan fingerprint density at radius 2 is 1.88 bits per heavy atom. The van der Waals surface area contributed by atoms with E-state index in [2.05, 4.69) is 22.5 Å². The third-order valence-electron chi connectivity index (χ3n) is 4.95. The lowest BCUT2D eigenvalue weighted by Crippen LogP contribution is -2.46. The Hall–Kier alpha value is -1.88. The van der Waals surface area contributed by atoms with Gasteiger partial charge >= 0.3 is 6.03 Å². The molecule has 5 heteroatoms. The number of imide groups is 1. The molecule has 2 N–H and O–H groups in total. The number of nitrogens with one attached hydrogen (secondary N) is 2. The maximum absolute atomic E-state index is 12.2. The van der Waals surface area contributed by atoms with Crippen LogP contribution in [0.2, 0.25) is 0 Å². The van der Waals surface area contributed by atoms with Gasteiger partial charge in [-0.15, -0.1) is 0 Å². The van der Waals surface area contributed by atoms with E-state index in [9.17, 15) is 9.59 Å². The summed E-state index contributed by atoms with van der Waals surface area (Å²) in [4.78, 5) is 26.4. The molecule has 0 atom stereocenters. The molecule has 3 amide bonds. The topological polar surface area (TPSA) is 61.4 Å². The minimum atomic E-state index is -0.464. The zero-order chi connectivity index (χ0) is 17.5. The molecule has 24 heavy (non-hydrogen) atoms. The highest BCUT2D eigenvalue weighted by molar-refractivity contribution is 6.02. The van der Waals surface area contributed by atoms with Crippen molar-refractivity contribution in [2.24, 2.45) is 0 Å². The third-order valence-corrected chi connectivity index (χ3v) is 4.95. The molecule has 0 aliphatic heterocycles. The molecule has 0 aromatic heterocycles. The first-order chi connectivity index (χ1) is 11.5. The van der Waals surface area contributed by atoms with Gasteiger partial charge in [0.05, 0.1) is 6.54 Å². The second kappa shape index (κ2) is 8.83. The summed E-state index contributed by atoms with van der Waals surface area (Å²) in [6.07, 6.45) is 6.05. The van der Waals surface area contributed by atoms with Gasteiger partial charge < -0.3 is 5.32 Å². The zero-order valence-corrected chi connectivity index (χ0v) is 15.0. The number of aryl methyl sites for hydroxylation is 1. The van der Waals surface area contributed by atoms with Crippen molar-refractivity contribution in [3.05, 3.63) is 29.3 Å². The molecule has 132 valence electrons. The monoisotopic (exact) mass is 331 g/mol. The van der Waals surface area contributed by atoms with Crippen molar-refractivity contribution in [1.82, 2.24) is 10.2 Å². The molecule has 0 radical (unpaired) electrons. The molecule has 1 aliphatic carbocycles. The highest BCUT2D eigenvalue weighted by atomic mass is 16.2.